The van der Waals surface area contributed by atoms with Crippen LogP contribution in [-0.2, 0) is 45.4 Å². The Morgan fingerprint density at radius 1 is 0.535 bits per heavy atom. The van der Waals surface area contributed by atoms with Gasteiger partial charge in [-0.25, -0.2) is 0 Å². The van der Waals surface area contributed by atoms with Crippen LogP contribution in [0.1, 0.15) is 81.1 Å². The second-order valence-corrected chi connectivity index (χ2v) is 10.6. The summed E-state index contributed by atoms with van der Waals surface area (Å²) in [7, 11) is 0. The molecular weight excluding hydrogens is 697 g/mol. The molecule has 2 atom stereocenters. The second-order valence-electron chi connectivity index (χ2n) is 10.6. The summed E-state index contributed by atoms with van der Waals surface area (Å²) in [6.07, 6.45) is -16.0. The maximum Gasteiger partial charge on any atom is 0.454 e. The molecule has 0 aromatic heterocycles. The molecule has 8 nitrogen and oxygen atoms in total. The maximum absolute atomic E-state index is 12.8. The first-order chi connectivity index (χ1) is 18.1. The van der Waals surface area contributed by atoms with E-state index in [4.69, 9.17) is 20.4 Å². The maximum atomic E-state index is 12.8. The number of carboxylic acids is 2. The van der Waals surface area contributed by atoms with Gasteiger partial charge in [0.2, 0.25) is 0 Å². The average Bonchev–Trinajstić information content (AvgIpc) is 2.63. The number of alkyl halides is 10. The quantitative estimate of drug-likeness (QED) is 0.156. The first-order valence-electron chi connectivity index (χ1n) is 11.9. The molecule has 0 saturated carbocycles. The van der Waals surface area contributed by atoms with Gasteiger partial charge < -0.3 is 20.4 Å². The van der Waals surface area contributed by atoms with E-state index in [2.05, 4.69) is 0 Å². The molecule has 0 fully saturated rings. The number of carbonyl (C=O) groups is 4. The molecule has 0 aromatic carbocycles. The third-order valence-electron chi connectivity index (χ3n) is 3.88. The number of rotatable bonds is 10. The topological polar surface area (TPSA) is 149 Å². The molecule has 0 saturated heterocycles. The SMILES string of the molecule is CC(C)(C)O.CC(C)(C)O.CCC(C(=O)CC(=O)O)C(F)(F)C(F)(F)F.CCC(C(=O)CC(=O)O)C(F)(F)C(F)(F)F.[Zr]. The van der Waals surface area contributed by atoms with Crippen LogP contribution in [0.25, 0.3) is 0 Å². The predicted octanol–water partition coefficient (Wildman–Crippen LogP) is 6.06. The zero-order valence-electron chi connectivity index (χ0n) is 24.7. The van der Waals surface area contributed by atoms with Gasteiger partial charge in [0.05, 0.1) is 23.0 Å². The second kappa shape index (κ2) is 19.7. The largest absolute Gasteiger partial charge is 0.481 e. The monoisotopic (exact) mass is 734 g/mol. The number of carbonyl (C=O) groups excluding carboxylic acids is 2. The molecule has 0 amide bonds. The van der Waals surface area contributed by atoms with Crippen LogP contribution < -0.4 is 0 Å². The summed E-state index contributed by atoms with van der Waals surface area (Å²) in [5, 5.41) is 33.3. The molecule has 0 radical (unpaired) electrons. The van der Waals surface area contributed by atoms with Crippen molar-refractivity contribution in [2.45, 2.75) is 116 Å². The standard InChI is InChI=1S/2C8H9F5O3.2C4H10O.Zr/c2*1-2-4(5(14)3-6(15)16)7(9,10)8(11,12)13;2*1-4(2,3)5;/h2*4H,2-3H2,1H3,(H,15,16);2*5H,1-3H3;. The number of carboxylic acid groups (broad SMARTS) is 2. The van der Waals surface area contributed by atoms with Crippen LogP contribution in [0.5, 0.6) is 0 Å². The number of ketones is 2. The molecule has 0 aliphatic heterocycles. The molecule has 43 heavy (non-hydrogen) atoms. The van der Waals surface area contributed by atoms with E-state index in [9.17, 15) is 63.1 Å². The van der Waals surface area contributed by atoms with Gasteiger partial charge in [-0.05, 0) is 54.4 Å². The van der Waals surface area contributed by atoms with Crippen LogP contribution in [0.15, 0.2) is 0 Å². The molecule has 0 rings (SSSR count). The van der Waals surface area contributed by atoms with Gasteiger partial charge in [-0.3, -0.25) is 19.2 Å². The fourth-order valence-corrected chi connectivity index (χ4v) is 2.31. The number of aliphatic carboxylic acids is 2. The van der Waals surface area contributed by atoms with E-state index in [1.54, 1.807) is 41.5 Å². The normalized spacial score (nSPS) is 13.7. The molecule has 2 unspecified atom stereocenters. The van der Waals surface area contributed by atoms with Crippen LogP contribution in [0.4, 0.5) is 43.9 Å². The predicted molar refractivity (Wildman–Crippen MR) is 128 cm³/mol. The smallest absolute Gasteiger partial charge is 0.454 e. The summed E-state index contributed by atoms with van der Waals surface area (Å²) in [5.74, 6) is -22.4. The van der Waals surface area contributed by atoms with E-state index in [1.165, 1.54) is 0 Å². The van der Waals surface area contributed by atoms with E-state index in [1.807, 2.05) is 0 Å². The summed E-state index contributed by atoms with van der Waals surface area (Å²) in [5.41, 5.74) is -1.00. The fraction of sp³-hybridized carbons (Fsp3) is 0.833. The van der Waals surface area contributed by atoms with Crippen LogP contribution in [-0.4, -0.2) is 79.3 Å². The summed E-state index contributed by atoms with van der Waals surface area (Å²) in [4.78, 5) is 42.0. The Morgan fingerprint density at radius 3 is 0.791 bits per heavy atom. The van der Waals surface area contributed by atoms with Crippen molar-refractivity contribution >= 4 is 23.5 Å². The zero-order chi connectivity index (χ0) is 35.3. The molecule has 0 aliphatic carbocycles. The minimum Gasteiger partial charge on any atom is -0.481 e. The fourth-order valence-electron chi connectivity index (χ4n) is 2.31. The first kappa shape index (κ1) is 51.0. The van der Waals surface area contributed by atoms with Crippen molar-refractivity contribution in [3.05, 3.63) is 0 Å². The van der Waals surface area contributed by atoms with Crippen molar-refractivity contribution in [1.82, 2.24) is 0 Å². The Balaban J connectivity index is -0.000000167. The zero-order valence-corrected chi connectivity index (χ0v) is 27.1. The van der Waals surface area contributed by atoms with Crippen molar-refractivity contribution in [1.29, 1.82) is 0 Å². The minimum atomic E-state index is -5.86. The van der Waals surface area contributed by atoms with Crippen LogP contribution in [0.3, 0.4) is 0 Å². The Hall–Kier alpha value is -1.62. The molecule has 19 heteroatoms. The third-order valence-corrected chi connectivity index (χ3v) is 3.88. The Labute approximate surface area is 261 Å². The van der Waals surface area contributed by atoms with Gasteiger partial charge in [0, 0.05) is 26.2 Å². The van der Waals surface area contributed by atoms with E-state index in [0.717, 1.165) is 13.8 Å². The first-order valence-corrected chi connectivity index (χ1v) is 11.9. The minimum absolute atomic E-state index is 0. The third kappa shape index (κ3) is 25.4. The summed E-state index contributed by atoms with van der Waals surface area (Å²) >= 11 is 0. The number of hydrogen-bond acceptors (Lipinski definition) is 6. The van der Waals surface area contributed by atoms with Gasteiger partial charge in [0.1, 0.15) is 12.8 Å². The number of hydrogen-bond donors (Lipinski definition) is 4. The molecular formula is C24H38F10O8Zr. The number of Topliss-reactive ketones (excluding diaryl/α,β-unsaturated/α-hetero) is 2. The van der Waals surface area contributed by atoms with Gasteiger partial charge in [-0.1, -0.05) is 13.8 Å². The van der Waals surface area contributed by atoms with Gasteiger partial charge in [0.15, 0.2) is 11.6 Å². The van der Waals surface area contributed by atoms with E-state index >= 15 is 0 Å². The van der Waals surface area contributed by atoms with Crippen molar-refractivity contribution in [2.24, 2.45) is 11.8 Å². The number of halogens is 10. The van der Waals surface area contributed by atoms with Crippen molar-refractivity contribution in [2.75, 3.05) is 0 Å². The Kier molecular flexibility index (Phi) is 23.4. The Bertz CT molecular complexity index is 780. The van der Waals surface area contributed by atoms with Gasteiger partial charge in [-0.2, -0.15) is 43.9 Å². The van der Waals surface area contributed by atoms with Crippen LogP contribution in [0.2, 0.25) is 0 Å². The van der Waals surface area contributed by atoms with Crippen molar-refractivity contribution < 1.29 is 110 Å². The summed E-state index contributed by atoms with van der Waals surface area (Å²) < 4.78 is 123. The molecule has 256 valence electrons. The average molecular weight is 736 g/mol. The van der Waals surface area contributed by atoms with Crippen molar-refractivity contribution in [3.63, 3.8) is 0 Å². The molecule has 4 N–H and O–H groups in total. The van der Waals surface area contributed by atoms with E-state index < -0.39 is 96.4 Å². The number of aliphatic hydroxyl groups is 2. The van der Waals surface area contributed by atoms with Crippen LogP contribution >= 0.6 is 0 Å². The molecule has 0 heterocycles. The van der Waals surface area contributed by atoms with Gasteiger partial charge >= 0.3 is 36.1 Å². The van der Waals surface area contributed by atoms with E-state index in [-0.39, 0.29) is 26.2 Å². The molecule has 0 bridgehead atoms. The van der Waals surface area contributed by atoms with Gasteiger partial charge in [0.25, 0.3) is 0 Å². The summed E-state index contributed by atoms with van der Waals surface area (Å²) in [6.45, 7) is 12.4. The molecule has 0 aromatic rings. The van der Waals surface area contributed by atoms with Gasteiger partial charge in [-0.15, -0.1) is 0 Å². The van der Waals surface area contributed by atoms with Crippen LogP contribution in [0, 0.1) is 11.8 Å². The summed E-state index contributed by atoms with van der Waals surface area (Å²) in [6, 6.07) is 0. The van der Waals surface area contributed by atoms with Crippen molar-refractivity contribution in [3.8, 4) is 0 Å². The Morgan fingerprint density at radius 2 is 0.698 bits per heavy atom. The molecule has 0 aliphatic rings. The van der Waals surface area contributed by atoms with E-state index in [0.29, 0.717) is 0 Å². The molecule has 0 spiro atoms.